The van der Waals surface area contributed by atoms with Crippen LogP contribution in [0.25, 0.3) is 5.57 Å². The summed E-state index contributed by atoms with van der Waals surface area (Å²) < 4.78 is 0. The first kappa shape index (κ1) is 8.94. The molecule has 1 N–H and O–H groups in total. The van der Waals surface area contributed by atoms with Crippen LogP contribution in [-0.2, 0) is 0 Å². The number of allylic oxidation sites excluding steroid dienone is 2. The molecule has 0 atom stereocenters. The SMILES string of the molecule is O/N=C1\C=C(c2cccnc2)CCC1. The van der Waals surface area contributed by atoms with Crippen LogP contribution in [0.2, 0.25) is 0 Å². The lowest BCUT2D eigenvalue weighted by molar-refractivity contribution is 0.318. The monoisotopic (exact) mass is 188 g/mol. The molecule has 1 aromatic heterocycles. The highest BCUT2D eigenvalue weighted by molar-refractivity contribution is 6.01. The van der Waals surface area contributed by atoms with Crippen LogP contribution in [0.4, 0.5) is 0 Å². The van der Waals surface area contributed by atoms with E-state index in [0.29, 0.717) is 0 Å². The summed E-state index contributed by atoms with van der Waals surface area (Å²) in [6, 6.07) is 3.94. The second-order valence-corrected chi connectivity index (χ2v) is 3.36. The first-order chi connectivity index (χ1) is 6.90. The van der Waals surface area contributed by atoms with E-state index in [2.05, 4.69) is 10.1 Å². The van der Waals surface area contributed by atoms with Gasteiger partial charge in [-0.1, -0.05) is 11.2 Å². The number of aromatic nitrogens is 1. The van der Waals surface area contributed by atoms with E-state index in [1.807, 2.05) is 24.4 Å². The fourth-order valence-corrected chi connectivity index (χ4v) is 1.66. The van der Waals surface area contributed by atoms with Crippen LogP contribution >= 0.6 is 0 Å². The molecule has 2 rings (SSSR count). The smallest absolute Gasteiger partial charge is 0.0798 e. The maximum atomic E-state index is 8.68. The van der Waals surface area contributed by atoms with Gasteiger partial charge >= 0.3 is 0 Å². The summed E-state index contributed by atoms with van der Waals surface area (Å²) in [6.45, 7) is 0. The second kappa shape index (κ2) is 4.05. The molecule has 0 unspecified atom stereocenters. The molecule has 0 saturated carbocycles. The Labute approximate surface area is 82.8 Å². The van der Waals surface area contributed by atoms with Crippen molar-refractivity contribution in [1.29, 1.82) is 0 Å². The van der Waals surface area contributed by atoms with Crippen molar-refractivity contribution < 1.29 is 5.21 Å². The Balaban J connectivity index is 2.31. The maximum Gasteiger partial charge on any atom is 0.0798 e. The van der Waals surface area contributed by atoms with Crippen LogP contribution in [0.3, 0.4) is 0 Å². The number of nitrogens with zero attached hydrogens (tertiary/aromatic N) is 2. The molecule has 1 aromatic rings. The molecule has 3 nitrogen and oxygen atoms in total. The summed E-state index contributed by atoms with van der Waals surface area (Å²) >= 11 is 0. The Morgan fingerprint density at radius 1 is 1.36 bits per heavy atom. The summed E-state index contributed by atoms with van der Waals surface area (Å²) in [6.07, 6.45) is 8.48. The zero-order chi connectivity index (χ0) is 9.80. The van der Waals surface area contributed by atoms with E-state index in [4.69, 9.17) is 5.21 Å². The molecule has 3 heteroatoms. The fraction of sp³-hybridized carbons (Fsp3) is 0.273. The zero-order valence-corrected chi connectivity index (χ0v) is 7.85. The van der Waals surface area contributed by atoms with Gasteiger partial charge in [-0.05, 0) is 42.5 Å². The van der Waals surface area contributed by atoms with Crippen molar-refractivity contribution in [2.45, 2.75) is 19.3 Å². The van der Waals surface area contributed by atoms with Gasteiger partial charge in [-0.2, -0.15) is 0 Å². The van der Waals surface area contributed by atoms with E-state index in [0.717, 1.165) is 30.5 Å². The molecular weight excluding hydrogens is 176 g/mol. The molecule has 14 heavy (non-hydrogen) atoms. The molecule has 0 spiro atoms. The number of hydrogen-bond donors (Lipinski definition) is 1. The molecule has 0 radical (unpaired) electrons. The van der Waals surface area contributed by atoms with Crippen molar-refractivity contribution in [2.24, 2.45) is 5.16 Å². The Bertz CT molecular complexity index is 368. The van der Waals surface area contributed by atoms with Crippen molar-refractivity contribution in [3.8, 4) is 0 Å². The van der Waals surface area contributed by atoms with Crippen LogP contribution in [-0.4, -0.2) is 15.9 Å². The van der Waals surface area contributed by atoms with Crippen LogP contribution in [0.5, 0.6) is 0 Å². The van der Waals surface area contributed by atoms with E-state index < -0.39 is 0 Å². The minimum atomic E-state index is 0.759. The van der Waals surface area contributed by atoms with Crippen molar-refractivity contribution >= 4 is 11.3 Å². The molecule has 1 aliphatic rings. The van der Waals surface area contributed by atoms with Crippen LogP contribution in [0, 0.1) is 0 Å². The molecule has 1 aliphatic carbocycles. The molecule has 0 saturated heterocycles. The molecule has 0 amide bonds. The van der Waals surface area contributed by atoms with Crippen LogP contribution in [0.1, 0.15) is 24.8 Å². The maximum absolute atomic E-state index is 8.68. The predicted molar refractivity (Wildman–Crippen MR) is 55.3 cm³/mol. The summed E-state index contributed by atoms with van der Waals surface area (Å²) in [4.78, 5) is 4.07. The van der Waals surface area contributed by atoms with Crippen LogP contribution in [0.15, 0.2) is 35.8 Å². The van der Waals surface area contributed by atoms with Gasteiger partial charge in [0.25, 0.3) is 0 Å². The Hall–Kier alpha value is -1.64. The largest absolute Gasteiger partial charge is 0.411 e. The standard InChI is InChI=1S/C11H12N2O/c14-13-11-5-1-3-9(7-11)10-4-2-6-12-8-10/h2,4,6-8,14H,1,3,5H2/b13-11-. The summed E-state index contributed by atoms with van der Waals surface area (Å²) in [7, 11) is 0. The normalized spacial score (nSPS) is 19.4. The minimum Gasteiger partial charge on any atom is -0.411 e. The second-order valence-electron chi connectivity index (χ2n) is 3.36. The number of oxime groups is 1. The highest BCUT2D eigenvalue weighted by Gasteiger charge is 2.10. The summed E-state index contributed by atoms with van der Waals surface area (Å²) in [5.74, 6) is 0. The van der Waals surface area contributed by atoms with Gasteiger partial charge in [-0.25, -0.2) is 0 Å². The number of rotatable bonds is 1. The molecule has 0 aromatic carbocycles. The van der Waals surface area contributed by atoms with Gasteiger partial charge in [0.2, 0.25) is 0 Å². The van der Waals surface area contributed by atoms with E-state index in [9.17, 15) is 0 Å². The number of hydrogen-bond acceptors (Lipinski definition) is 3. The van der Waals surface area contributed by atoms with Gasteiger partial charge in [0.15, 0.2) is 0 Å². The summed E-state index contributed by atoms with van der Waals surface area (Å²) in [5, 5.41) is 11.9. The van der Waals surface area contributed by atoms with Gasteiger partial charge in [0, 0.05) is 12.4 Å². The Morgan fingerprint density at radius 2 is 2.29 bits per heavy atom. The van der Waals surface area contributed by atoms with Gasteiger partial charge < -0.3 is 5.21 Å². The lowest BCUT2D eigenvalue weighted by Crippen LogP contribution is -2.02. The Kier molecular flexibility index (Phi) is 2.58. The number of pyridine rings is 1. The molecule has 0 bridgehead atoms. The first-order valence-corrected chi connectivity index (χ1v) is 4.72. The highest BCUT2D eigenvalue weighted by Crippen LogP contribution is 2.24. The third kappa shape index (κ3) is 1.82. The zero-order valence-electron chi connectivity index (χ0n) is 7.85. The average molecular weight is 188 g/mol. The van der Waals surface area contributed by atoms with E-state index >= 15 is 0 Å². The van der Waals surface area contributed by atoms with Crippen molar-refractivity contribution in [3.05, 3.63) is 36.2 Å². The topological polar surface area (TPSA) is 45.5 Å². The molecule has 0 aliphatic heterocycles. The van der Waals surface area contributed by atoms with Crippen LogP contribution < -0.4 is 0 Å². The van der Waals surface area contributed by atoms with Crippen molar-refractivity contribution in [3.63, 3.8) is 0 Å². The van der Waals surface area contributed by atoms with Crippen molar-refractivity contribution in [1.82, 2.24) is 4.98 Å². The van der Waals surface area contributed by atoms with Gasteiger partial charge in [0.05, 0.1) is 5.71 Å². The highest BCUT2D eigenvalue weighted by atomic mass is 16.4. The van der Waals surface area contributed by atoms with Gasteiger partial charge in [-0.15, -0.1) is 0 Å². The Morgan fingerprint density at radius 3 is 3.00 bits per heavy atom. The predicted octanol–water partition coefficient (Wildman–Crippen LogP) is 2.48. The van der Waals surface area contributed by atoms with E-state index in [-0.39, 0.29) is 0 Å². The first-order valence-electron chi connectivity index (χ1n) is 4.72. The van der Waals surface area contributed by atoms with Gasteiger partial charge in [-0.3, -0.25) is 4.98 Å². The third-order valence-corrected chi connectivity index (χ3v) is 2.38. The molecule has 72 valence electrons. The lowest BCUT2D eigenvalue weighted by Gasteiger charge is -2.12. The fourth-order valence-electron chi connectivity index (χ4n) is 1.66. The molecule has 1 heterocycles. The van der Waals surface area contributed by atoms with Gasteiger partial charge in [0.1, 0.15) is 0 Å². The van der Waals surface area contributed by atoms with E-state index in [1.54, 1.807) is 6.20 Å². The quantitative estimate of drug-likeness (QED) is 0.543. The molecular formula is C11H12N2O. The minimum absolute atomic E-state index is 0.759. The average Bonchev–Trinajstić information content (AvgIpc) is 2.30. The van der Waals surface area contributed by atoms with E-state index in [1.165, 1.54) is 5.57 Å². The van der Waals surface area contributed by atoms with Crippen molar-refractivity contribution in [2.75, 3.05) is 0 Å². The lowest BCUT2D eigenvalue weighted by atomic mass is 9.94. The third-order valence-electron chi connectivity index (χ3n) is 2.38. The summed E-state index contributed by atoms with van der Waals surface area (Å²) in [5.41, 5.74) is 3.08. The molecule has 0 fully saturated rings.